The summed E-state index contributed by atoms with van der Waals surface area (Å²) in [4.78, 5) is 8.69. The Labute approximate surface area is 207 Å². The zero-order valence-electron chi connectivity index (χ0n) is 19.6. The fraction of sp³-hybridized carbons (Fsp3) is 0.360. The highest BCUT2D eigenvalue weighted by Crippen LogP contribution is 2.37. The summed E-state index contributed by atoms with van der Waals surface area (Å²) in [6, 6.07) is 12.5. The summed E-state index contributed by atoms with van der Waals surface area (Å²) in [6.45, 7) is 6.27. The first-order valence-corrected chi connectivity index (χ1v) is 11.9. The number of hydrogen-bond acceptors (Lipinski definition) is 6. The smallest absolute Gasteiger partial charge is 0.286 e. The fourth-order valence-electron chi connectivity index (χ4n) is 4.26. The number of hydrogen-bond donors (Lipinski definition) is 0. The van der Waals surface area contributed by atoms with Gasteiger partial charge in [-0.15, -0.1) is 10.2 Å². The van der Waals surface area contributed by atoms with Gasteiger partial charge < -0.3 is 4.90 Å². The van der Waals surface area contributed by atoms with Crippen molar-refractivity contribution >= 4 is 22.6 Å². The number of aromatic nitrogens is 5. The largest absolute Gasteiger partial charge is 0.304 e. The van der Waals surface area contributed by atoms with E-state index in [4.69, 9.17) is 16.7 Å². The monoisotopic (exact) mass is 497 g/mol. The molecule has 0 atom stereocenters. The molecule has 35 heavy (non-hydrogen) atoms. The summed E-state index contributed by atoms with van der Waals surface area (Å²) in [5.41, 5.74) is 2.79. The number of benzene rings is 1. The van der Waals surface area contributed by atoms with Gasteiger partial charge in [-0.05, 0) is 19.2 Å². The molecule has 10 heteroatoms. The van der Waals surface area contributed by atoms with Gasteiger partial charge in [0, 0.05) is 57.0 Å². The predicted octanol–water partition coefficient (Wildman–Crippen LogP) is 4.57. The van der Waals surface area contributed by atoms with Crippen molar-refractivity contribution < 1.29 is 8.78 Å². The molecule has 0 unspecified atom stereocenters. The first kappa shape index (κ1) is 23.7. The van der Waals surface area contributed by atoms with Crippen LogP contribution in [0.2, 0.25) is 5.02 Å². The van der Waals surface area contributed by atoms with E-state index in [1.807, 2.05) is 30.3 Å². The molecule has 4 heterocycles. The number of fused-ring (bicyclic) bond motifs is 1. The van der Waals surface area contributed by atoms with E-state index in [-0.39, 0.29) is 5.69 Å². The number of nitrogens with zero attached hydrogens (tertiary/aromatic N) is 7. The average Bonchev–Trinajstić information content (AvgIpc) is 3.23. The second-order valence-electron chi connectivity index (χ2n) is 8.96. The van der Waals surface area contributed by atoms with E-state index in [1.54, 1.807) is 10.7 Å². The predicted molar refractivity (Wildman–Crippen MR) is 133 cm³/mol. The molecule has 1 aliphatic heterocycles. The van der Waals surface area contributed by atoms with Crippen molar-refractivity contribution in [2.24, 2.45) is 0 Å². The topological polar surface area (TPSA) is 63.0 Å². The third-order valence-corrected chi connectivity index (χ3v) is 6.72. The first-order chi connectivity index (χ1) is 16.8. The molecule has 1 fully saturated rings. The van der Waals surface area contributed by atoms with E-state index in [0.717, 1.165) is 45.2 Å². The van der Waals surface area contributed by atoms with Gasteiger partial charge in [0.05, 0.1) is 17.0 Å². The lowest BCUT2D eigenvalue weighted by Gasteiger charge is -2.32. The summed E-state index contributed by atoms with van der Waals surface area (Å²) >= 11 is 6.90. The van der Waals surface area contributed by atoms with Crippen LogP contribution in [0.3, 0.4) is 0 Å². The maximum atomic E-state index is 13.7. The lowest BCUT2D eigenvalue weighted by atomic mass is 10.1. The lowest BCUT2D eigenvalue weighted by molar-refractivity contribution is 0.0128. The zero-order valence-corrected chi connectivity index (χ0v) is 20.4. The quantitative estimate of drug-likeness (QED) is 0.389. The molecular formula is C25H26ClF2N7. The lowest BCUT2D eigenvalue weighted by Crippen LogP contribution is -2.45. The Balaban J connectivity index is 1.57. The van der Waals surface area contributed by atoms with Gasteiger partial charge in [0.25, 0.3) is 5.92 Å². The van der Waals surface area contributed by atoms with Crippen molar-refractivity contribution in [3.63, 3.8) is 0 Å². The van der Waals surface area contributed by atoms with Crippen molar-refractivity contribution in [2.75, 3.05) is 39.8 Å². The molecule has 0 radical (unpaired) electrons. The summed E-state index contributed by atoms with van der Waals surface area (Å²) < 4.78 is 29.2. The maximum absolute atomic E-state index is 13.7. The van der Waals surface area contributed by atoms with E-state index in [0.29, 0.717) is 39.6 Å². The summed E-state index contributed by atoms with van der Waals surface area (Å²) in [5, 5.41) is 14.8. The molecule has 3 aromatic heterocycles. The van der Waals surface area contributed by atoms with Crippen LogP contribution in [0, 0.1) is 0 Å². The number of halogens is 3. The van der Waals surface area contributed by atoms with Gasteiger partial charge in [-0.25, -0.2) is 4.68 Å². The number of alkyl halides is 2. The molecule has 0 aliphatic carbocycles. The highest BCUT2D eigenvalue weighted by Gasteiger charge is 2.27. The second-order valence-corrected chi connectivity index (χ2v) is 9.34. The number of rotatable bonds is 6. The van der Waals surface area contributed by atoms with Crippen LogP contribution < -0.4 is 0 Å². The summed E-state index contributed by atoms with van der Waals surface area (Å²) in [5.74, 6) is -3.02. The molecule has 182 valence electrons. The molecule has 1 aromatic carbocycles. The molecule has 1 saturated heterocycles. The number of piperazine rings is 1. The minimum Gasteiger partial charge on any atom is -0.304 e. The average molecular weight is 498 g/mol. The summed E-state index contributed by atoms with van der Waals surface area (Å²) in [7, 11) is 2.13. The molecule has 0 N–H and O–H groups in total. The second kappa shape index (κ2) is 9.56. The molecule has 5 rings (SSSR count). The van der Waals surface area contributed by atoms with Crippen LogP contribution in [0.15, 0.2) is 48.7 Å². The van der Waals surface area contributed by atoms with Crippen LogP contribution in [0.1, 0.15) is 12.6 Å². The Morgan fingerprint density at radius 1 is 0.914 bits per heavy atom. The van der Waals surface area contributed by atoms with Gasteiger partial charge in [0.2, 0.25) is 0 Å². The van der Waals surface area contributed by atoms with E-state index >= 15 is 0 Å². The molecular weight excluding hydrogens is 472 g/mol. The molecule has 0 amide bonds. The fourth-order valence-corrected chi connectivity index (χ4v) is 4.58. The van der Waals surface area contributed by atoms with Gasteiger partial charge in [-0.3, -0.25) is 9.88 Å². The van der Waals surface area contributed by atoms with Crippen LogP contribution in [0.25, 0.3) is 33.5 Å². The Hall–Kier alpha value is -3.01. The van der Waals surface area contributed by atoms with Crippen molar-refractivity contribution in [3.05, 3.63) is 59.4 Å². The minimum absolute atomic E-state index is 0.295. The third kappa shape index (κ3) is 4.89. The molecule has 7 nitrogen and oxygen atoms in total. The highest BCUT2D eigenvalue weighted by atomic mass is 35.5. The van der Waals surface area contributed by atoms with Crippen LogP contribution in [0.4, 0.5) is 8.78 Å². The summed E-state index contributed by atoms with van der Waals surface area (Å²) in [6.07, 6.45) is 1.41. The number of likely N-dealkylation sites (N-methyl/N-ethyl adjacent to an activating group) is 1. The van der Waals surface area contributed by atoms with Crippen molar-refractivity contribution in [1.82, 2.24) is 34.8 Å². The van der Waals surface area contributed by atoms with Crippen LogP contribution in [-0.4, -0.2) is 74.5 Å². The van der Waals surface area contributed by atoms with Crippen molar-refractivity contribution in [2.45, 2.75) is 19.4 Å². The Kier molecular flexibility index (Phi) is 6.48. The standard InChI is InChI=1S/C25H26ClF2N7/c1-25(27,28)19-9-8-18(16-29-19)22-20-21(26)23(17-6-4-3-5-7-17)30-31-24(20)35(32-22)15-14-34-12-10-33(2)11-13-34/h3-9,16H,10-15H2,1-2H3. The Morgan fingerprint density at radius 3 is 2.31 bits per heavy atom. The van der Waals surface area contributed by atoms with Gasteiger partial charge in [0.15, 0.2) is 5.65 Å². The van der Waals surface area contributed by atoms with Gasteiger partial charge in [0.1, 0.15) is 17.1 Å². The maximum Gasteiger partial charge on any atom is 0.286 e. The zero-order chi connectivity index (χ0) is 24.6. The van der Waals surface area contributed by atoms with Gasteiger partial charge in [-0.2, -0.15) is 13.9 Å². The molecule has 0 saturated carbocycles. The SMILES string of the molecule is CN1CCN(CCn2nc(-c3ccc(C(C)(F)F)nc3)c3c(Cl)c(-c4ccccc4)nnc32)CC1. The molecule has 1 aliphatic rings. The van der Waals surface area contributed by atoms with Gasteiger partial charge >= 0.3 is 0 Å². The van der Waals surface area contributed by atoms with Crippen LogP contribution >= 0.6 is 11.6 Å². The third-order valence-electron chi connectivity index (χ3n) is 6.36. The van der Waals surface area contributed by atoms with Crippen molar-refractivity contribution in [3.8, 4) is 22.5 Å². The Bertz CT molecular complexity index is 1310. The number of pyridine rings is 1. The minimum atomic E-state index is -3.02. The van der Waals surface area contributed by atoms with E-state index < -0.39 is 5.92 Å². The van der Waals surface area contributed by atoms with Crippen LogP contribution in [0.5, 0.6) is 0 Å². The Morgan fingerprint density at radius 2 is 1.66 bits per heavy atom. The van der Waals surface area contributed by atoms with E-state index in [1.165, 1.54) is 12.3 Å². The first-order valence-electron chi connectivity index (χ1n) is 11.5. The van der Waals surface area contributed by atoms with E-state index in [2.05, 4.69) is 32.0 Å². The van der Waals surface area contributed by atoms with Crippen LogP contribution in [-0.2, 0) is 12.5 Å². The normalized spacial score (nSPS) is 15.7. The molecule has 4 aromatic rings. The molecule has 0 bridgehead atoms. The molecule has 0 spiro atoms. The van der Waals surface area contributed by atoms with Gasteiger partial charge in [-0.1, -0.05) is 41.9 Å². The van der Waals surface area contributed by atoms with E-state index in [9.17, 15) is 8.78 Å². The van der Waals surface area contributed by atoms with Crippen molar-refractivity contribution in [1.29, 1.82) is 0 Å². The highest BCUT2D eigenvalue weighted by molar-refractivity contribution is 6.38.